The van der Waals surface area contributed by atoms with Gasteiger partial charge < -0.3 is 5.32 Å². The molecule has 1 N–H and O–H groups in total. The Morgan fingerprint density at radius 2 is 1.94 bits per heavy atom. The molecule has 0 aromatic carbocycles. The summed E-state index contributed by atoms with van der Waals surface area (Å²) in [5.74, 6) is 0.161. The highest BCUT2D eigenvalue weighted by molar-refractivity contribution is 7.90. The fraction of sp³-hybridized carbons (Fsp3) is 0.727. The monoisotopic (exact) mass is 276 g/mol. The molecule has 1 aromatic rings. The van der Waals surface area contributed by atoms with E-state index in [9.17, 15) is 8.42 Å². The lowest BCUT2D eigenvalue weighted by atomic mass is 10.2. The maximum Gasteiger partial charge on any atom is 0.148 e. The third-order valence-corrected chi connectivity index (χ3v) is 4.78. The molecule has 0 amide bonds. The van der Waals surface area contributed by atoms with Crippen molar-refractivity contribution >= 4 is 21.2 Å². The predicted molar refractivity (Wildman–Crippen MR) is 72.3 cm³/mol. The van der Waals surface area contributed by atoms with E-state index in [2.05, 4.69) is 10.3 Å². The molecule has 1 heterocycles. The third kappa shape index (κ3) is 4.73. The van der Waals surface area contributed by atoms with Crippen LogP contribution < -0.4 is 5.32 Å². The maximum atomic E-state index is 11.2. The van der Waals surface area contributed by atoms with E-state index < -0.39 is 9.84 Å². The van der Waals surface area contributed by atoms with Crippen LogP contribution in [0.5, 0.6) is 0 Å². The van der Waals surface area contributed by atoms with E-state index in [4.69, 9.17) is 0 Å². The van der Waals surface area contributed by atoms with Gasteiger partial charge in [0.2, 0.25) is 0 Å². The standard InChI is InChI=1S/C11H20N2O2S2/c1-7(6-17(5,14)15)12-8(2)11-9(3)13-10(4)16-11/h7-8,12H,6H2,1-5H3. The second-order valence-corrected chi connectivity index (χ2v) is 7.98. The summed E-state index contributed by atoms with van der Waals surface area (Å²) < 4.78 is 22.4. The summed E-state index contributed by atoms with van der Waals surface area (Å²) in [4.78, 5) is 5.56. The first-order valence-electron chi connectivity index (χ1n) is 5.56. The molecule has 0 saturated heterocycles. The normalized spacial score (nSPS) is 15.8. The lowest BCUT2D eigenvalue weighted by Crippen LogP contribution is -2.34. The van der Waals surface area contributed by atoms with Gasteiger partial charge in [-0.25, -0.2) is 13.4 Å². The Kier molecular flexibility index (Phi) is 4.69. The summed E-state index contributed by atoms with van der Waals surface area (Å²) in [6, 6.07) is 0.0831. The predicted octanol–water partition coefficient (Wildman–Crippen LogP) is 1.84. The fourth-order valence-electron chi connectivity index (χ4n) is 1.95. The van der Waals surface area contributed by atoms with Gasteiger partial charge in [0, 0.05) is 23.2 Å². The Morgan fingerprint density at radius 1 is 1.35 bits per heavy atom. The van der Waals surface area contributed by atoms with E-state index in [0.29, 0.717) is 0 Å². The second kappa shape index (κ2) is 5.46. The number of nitrogens with one attached hydrogen (secondary N) is 1. The van der Waals surface area contributed by atoms with Gasteiger partial charge >= 0.3 is 0 Å². The fourth-order valence-corrected chi connectivity index (χ4v) is 3.90. The van der Waals surface area contributed by atoms with E-state index in [1.807, 2.05) is 27.7 Å². The number of nitrogens with zero attached hydrogens (tertiary/aromatic N) is 1. The van der Waals surface area contributed by atoms with Crippen molar-refractivity contribution in [2.75, 3.05) is 12.0 Å². The van der Waals surface area contributed by atoms with Crippen molar-refractivity contribution in [3.63, 3.8) is 0 Å². The van der Waals surface area contributed by atoms with Crippen molar-refractivity contribution in [2.45, 2.75) is 39.8 Å². The van der Waals surface area contributed by atoms with Gasteiger partial charge in [0.05, 0.1) is 16.5 Å². The first-order chi connectivity index (χ1) is 7.69. The van der Waals surface area contributed by atoms with Crippen LogP contribution in [-0.2, 0) is 9.84 Å². The zero-order valence-electron chi connectivity index (χ0n) is 10.9. The molecule has 17 heavy (non-hydrogen) atoms. The van der Waals surface area contributed by atoms with Crippen LogP contribution in [0.1, 0.15) is 35.5 Å². The van der Waals surface area contributed by atoms with Crippen LogP contribution >= 0.6 is 11.3 Å². The van der Waals surface area contributed by atoms with Crippen molar-refractivity contribution in [1.82, 2.24) is 10.3 Å². The Balaban J connectivity index is 2.66. The summed E-state index contributed by atoms with van der Waals surface area (Å²) in [5.41, 5.74) is 1.03. The highest BCUT2D eigenvalue weighted by Crippen LogP contribution is 2.24. The third-order valence-electron chi connectivity index (χ3n) is 2.42. The van der Waals surface area contributed by atoms with Gasteiger partial charge in [-0.15, -0.1) is 11.3 Å². The molecule has 0 bridgehead atoms. The maximum absolute atomic E-state index is 11.2. The van der Waals surface area contributed by atoms with Crippen molar-refractivity contribution in [3.05, 3.63) is 15.6 Å². The van der Waals surface area contributed by atoms with Gasteiger partial charge in [-0.1, -0.05) is 0 Å². The number of hydrogen-bond acceptors (Lipinski definition) is 5. The summed E-state index contributed by atoms with van der Waals surface area (Å²) in [6.45, 7) is 7.89. The smallest absolute Gasteiger partial charge is 0.148 e. The molecule has 2 unspecified atom stereocenters. The lowest BCUT2D eigenvalue weighted by Gasteiger charge is -2.18. The second-order valence-electron chi connectivity index (χ2n) is 4.56. The number of aromatic nitrogens is 1. The SMILES string of the molecule is Cc1nc(C)c(C(C)NC(C)CS(C)(=O)=O)s1. The van der Waals surface area contributed by atoms with Crippen LogP contribution in [0.25, 0.3) is 0 Å². The highest BCUT2D eigenvalue weighted by Gasteiger charge is 2.17. The summed E-state index contributed by atoms with van der Waals surface area (Å²) in [6.07, 6.45) is 1.26. The molecule has 2 atom stereocenters. The van der Waals surface area contributed by atoms with Crippen molar-refractivity contribution < 1.29 is 8.42 Å². The number of rotatable bonds is 5. The average molecular weight is 276 g/mol. The topological polar surface area (TPSA) is 59.1 Å². The number of sulfone groups is 1. The van der Waals surface area contributed by atoms with Gasteiger partial charge in [-0.05, 0) is 27.7 Å². The molecule has 0 spiro atoms. The zero-order valence-corrected chi connectivity index (χ0v) is 12.6. The van der Waals surface area contributed by atoms with Gasteiger partial charge in [0.25, 0.3) is 0 Å². The Bertz CT molecular complexity index is 480. The van der Waals surface area contributed by atoms with E-state index in [0.717, 1.165) is 10.7 Å². The molecule has 0 fully saturated rings. The van der Waals surface area contributed by atoms with Crippen molar-refractivity contribution in [1.29, 1.82) is 0 Å². The number of aryl methyl sites for hydroxylation is 2. The Morgan fingerprint density at radius 3 is 2.35 bits per heavy atom. The minimum atomic E-state index is -2.93. The highest BCUT2D eigenvalue weighted by atomic mass is 32.2. The van der Waals surface area contributed by atoms with Crippen molar-refractivity contribution in [2.24, 2.45) is 0 Å². The van der Waals surface area contributed by atoms with E-state index in [1.54, 1.807) is 11.3 Å². The molecule has 0 saturated carbocycles. The van der Waals surface area contributed by atoms with Gasteiger partial charge in [-0.2, -0.15) is 0 Å². The molecule has 0 aliphatic heterocycles. The molecule has 0 aliphatic carbocycles. The summed E-state index contributed by atoms with van der Waals surface area (Å²) >= 11 is 1.66. The largest absolute Gasteiger partial charge is 0.306 e. The molecule has 1 rings (SSSR count). The first kappa shape index (κ1) is 14.6. The molecule has 0 radical (unpaired) electrons. The molecule has 4 nitrogen and oxygen atoms in total. The lowest BCUT2D eigenvalue weighted by molar-refractivity contribution is 0.504. The summed E-state index contributed by atoms with van der Waals surface area (Å²) in [7, 11) is -2.93. The van der Waals surface area contributed by atoms with Gasteiger partial charge in [0.1, 0.15) is 9.84 Å². The Hall–Kier alpha value is -0.460. The molecule has 1 aromatic heterocycles. The van der Waals surface area contributed by atoms with Gasteiger partial charge in [0.15, 0.2) is 0 Å². The Labute approximate surface area is 107 Å². The van der Waals surface area contributed by atoms with E-state index in [1.165, 1.54) is 11.1 Å². The van der Waals surface area contributed by atoms with Crippen molar-refractivity contribution in [3.8, 4) is 0 Å². The van der Waals surface area contributed by atoms with E-state index in [-0.39, 0.29) is 17.8 Å². The van der Waals surface area contributed by atoms with E-state index >= 15 is 0 Å². The molecule has 0 aliphatic rings. The zero-order chi connectivity index (χ0) is 13.2. The van der Waals surface area contributed by atoms with Crippen LogP contribution in [0.15, 0.2) is 0 Å². The minimum absolute atomic E-state index is 0.0539. The van der Waals surface area contributed by atoms with Crippen LogP contribution in [0, 0.1) is 13.8 Å². The average Bonchev–Trinajstić information content (AvgIpc) is 2.41. The minimum Gasteiger partial charge on any atom is -0.306 e. The van der Waals surface area contributed by atoms with Crippen LogP contribution in [-0.4, -0.2) is 31.5 Å². The van der Waals surface area contributed by atoms with Gasteiger partial charge in [-0.3, -0.25) is 0 Å². The van der Waals surface area contributed by atoms with Crippen LogP contribution in [0.3, 0.4) is 0 Å². The first-order valence-corrected chi connectivity index (χ1v) is 8.44. The molecular weight excluding hydrogens is 256 g/mol. The molecule has 98 valence electrons. The molecular formula is C11H20N2O2S2. The van der Waals surface area contributed by atoms with Crippen LogP contribution in [0.4, 0.5) is 0 Å². The molecule has 6 heteroatoms. The summed E-state index contributed by atoms with van der Waals surface area (Å²) in [5, 5.41) is 4.34. The van der Waals surface area contributed by atoms with Crippen LogP contribution in [0.2, 0.25) is 0 Å². The number of hydrogen-bond donors (Lipinski definition) is 1. The number of thiazole rings is 1. The quantitative estimate of drug-likeness (QED) is 0.891.